The van der Waals surface area contributed by atoms with Gasteiger partial charge in [-0.2, -0.15) is 0 Å². The third-order valence-electron chi connectivity index (χ3n) is 5.66. The second-order valence-electron chi connectivity index (χ2n) is 8.27. The summed E-state index contributed by atoms with van der Waals surface area (Å²) in [7, 11) is -0.732. The molecule has 0 unspecified atom stereocenters. The van der Waals surface area contributed by atoms with Crippen LogP contribution in [0, 0.1) is 0 Å². The van der Waals surface area contributed by atoms with Gasteiger partial charge in [0.2, 0.25) is 0 Å². The largest absolute Gasteiger partial charge is 0.347 e. The molecular formula is C24H32N2O2P2. The first-order chi connectivity index (χ1) is 14.4. The van der Waals surface area contributed by atoms with Crippen LogP contribution in [-0.4, -0.2) is 50.6 Å². The van der Waals surface area contributed by atoms with Crippen molar-refractivity contribution in [3.63, 3.8) is 0 Å². The average Bonchev–Trinajstić information content (AvgIpc) is 2.75. The van der Waals surface area contributed by atoms with E-state index >= 15 is 0 Å². The quantitative estimate of drug-likeness (QED) is 0.667. The molecule has 30 heavy (non-hydrogen) atoms. The Morgan fingerprint density at radius 1 is 0.700 bits per heavy atom. The molecule has 0 saturated heterocycles. The number of nitrogens with one attached hydrogen (secondary N) is 2. The molecule has 0 spiro atoms. The topological polar surface area (TPSA) is 58.2 Å². The second-order valence-corrected chi connectivity index (χ2v) is 12.8. The highest BCUT2D eigenvalue weighted by Crippen LogP contribution is 2.27. The molecule has 0 radical (unpaired) electrons. The van der Waals surface area contributed by atoms with Crippen LogP contribution in [-0.2, 0) is 0 Å². The van der Waals surface area contributed by atoms with Gasteiger partial charge in [-0.3, -0.25) is 9.59 Å². The molecule has 160 valence electrons. The molecule has 3 rings (SSSR count). The van der Waals surface area contributed by atoms with Crippen LogP contribution >= 0.6 is 15.8 Å². The molecule has 2 atom stereocenters. The molecule has 1 aliphatic rings. The minimum absolute atomic E-state index is 0.0287. The van der Waals surface area contributed by atoms with E-state index in [4.69, 9.17) is 0 Å². The fourth-order valence-electron chi connectivity index (χ4n) is 4.08. The van der Waals surface area contributed by atoms with Crippen LogP contribution in [0.2, 0.25) is 0 Å². The first-order valence-corrected chi connectivity index (χ1v) is 15.0. The maximum atomic E-state index is 13.1. The van der Waals surface area contributed by atoms with Crippen molar-refractivity contribution in [2.45, 2.75) is 37.8 Å². The summed E-state index contributed by atoms with van der Waals surface area (Å²) in [4.78, 5) is 26.1. The molecule has 0 aromatic heterocycles. The van der Waals surface area contributed by atoms with Crippen molar-refractivity contribution in [2.24, 2.45) is 0 Å². The van der Waals surface area contributed by atoms with Gasteiger partial charge in [0.1, 0.15) is 0 Å². The van der Waals surface area contributed by atoms with Gasteiger partial charge in [-0.05, 0) is 62.2 Å². The molecule has 0 bridgehead atoms. The Hall–Kier alpha value is -1.76. The summed E-state index contributed by atoms with van der Waals surface area (Å²) in [5, 5.41) is 8.71. The third kappa shape index (κ3) is 5.48. The van der Waals surface area contributed by atoms with Gasteiger partial charge in [0.15, 0.2) is 0 Å². The van der Waals surface area contributed by atoms with Crippen LogP contribution in [0.4, 0.5) is 0 Å². The van der Waals surface area contributed by atoms with E-state index in [1.807, 2.05) is 48.5 Å². The maximum absolute atomic E-state index is 13.1. The average molecular weight is 442 g/mol. The Labute approximate surface area is 182 Å². The summed E-state index contributed by atoms with van der Waals surface area (Å²) < 4.78 is 0. The molecule has 2 aromatic rings. The Balaban J connectivity index is 1.75. The molecule has 1 saturated carbocycles. The van der Waals surface area contributed by atoms with Gasteiger partial charge in [-0.15, -0.1) is 0 Å². The summed E-state index contributed by atoms with van der Waals surface area (Å²) in [6.07, 6.45) is 3.92. The van der Waals surface area contributed by atoms with Gasteiger partial charge in [0.05, 0.1) is 0 Å². The van der Waals surface area contributed by atoms with E-state index in [1.165, 1.54) is 0 Å². The first-order valence-electron chi connectivity index (χ1n) is 10.5. The normalized spacial score (nSPS) is 19.0. The highest BCUT2D eigenvalue weighted by Gasteiger charge is 2.29. The Morgan fingerprint density at radius 2 is 1.07 bits per heavy atom. The highest BCUT2D eigenvalue weighted by molar-refractivity contribution is 7.64. The zero-order valence-corrected chi connectivity index (χ0v) is 20.1. The van der Waals surface area contributed by atoms with Crippen molar-refractivity contribution in [3.8, 4) is 0 Å². The van der Waals surface area contributed by atoms with Gasteiger partial charge in [-0.1, -0.05) is 65.1 Å². The number of amides is 2. The third-order valence-corrected chi connectivity index (χ3v) is 8.37. The Kier molecular flexibility index (Phi) is 8.03. The maximum Gasteiger partial charge on any atom is 0.252 e. The summed E-state index contributed by atoms with van der Waals surface area (Å²) >= 11 is 0. The first kappa shape index (κ1) is 22.9. The number of benzene rings is 2. The van der Waals surface area contributed by atoms with Crippen LogP contribution in [0.3, 0.4) is 0 Å². The van der Waals surface area contributed by atoms with E-state index < -0.39 is 0 Å². The number of hydrogen-bond acceptors (Lipinski definition) is 2. The lowest BCUT2D eigenvalue weighted by atomic mass is 9.89. The molecule has 1 fully saturated rings. The zero-order chi connectivity index (χ0) is 21.7. The van der Waals surface area contributed by atoms with Crippen molar-refractivity contribution in [3.05, 3.63) is 59.7 Å². The SMILES string of the molecule is CP(C)c1ccccc1C(=O)N[C@H]1CCCC[C@@H]1NC(=O)c1ccccc1P(C)C. The fourth-order valence-corrected chi connectivity index (χ4v) is 6.16. The van der Waals surface area contributed by atoms with E-state index in [0.717, 1.165) is 47.4 Å². The Bertz CT molecular complexity index is 825. The van der Waals surface area contributed by atoms with E-state index in [-0.39, 0.29) is 39.7 Å². The summed E-state index contributed by atoms with van der Waals surface area (Å²) in [5.74, 6) is -0.0574. The molecule has 2 amide bonds. The monoisotopic (exact) mass is 442 g/mol. The molecule has 2 N–H and O–H groups in total. The highest BCUT2D eigenvalue weighted by atomic mass is 31.1. The molecule has 6 heteroatoms. The Morgan fingerprint density at radius 3 is 1.43 bits per heavy atom. The molecule has 1 aliphatic carbocycles. The van der Waals surface area contributed by atoms with Crippen molar-refractivity contribution in [1.29, 1.82) is 0 Å². The van der Waals surface area contributed by atoms with Crippen LogP contribution in [0.25, 0.3) is 0 Å². The summed E-state index contributed by atoms with van der Waals surface area (Å²) in [5.41, 5.74) is 1.52. The van der Waals surface area contributed by atoms with E-state index in [0.29, 0.717) is 0 Å². The number of carbonyl (C=O) groups is 2. The van der Waals surface area contributed by atoms with Crippen LogP contribution in [0.5, 0.6) is 0 Å². The van der Waals surface area contributed by atoms with E-state index in [1.54, 1.807) is 0 Å². The predicted octanol–water partition coefficient (Wildman–Crippen LogP) is 3.89. The van der Waals surface area contributed by atoms with Crippen molar-refractivity contribution >= 4 is 38.3 Å². The number of rotatable bonds is 6. The van der Waals surface area contributed by atoms with E-state index in [2.05, 4.69) is 37.3 Å². The molecule has 2 aromatic carbocycles. The van der Waals surface area contributed by atoms with Gasteiger partial charge >= 0.3 is 0 Å². The molecule has 0 aliphatic heterocycles. The van der Waals surface area contributed by atoms with Crippen LogP contribution in [0.15, 0.2) is 48.5 Å². The molecule has 4 nitrogen and oxygen atoms in total. The minimum Gasteiger partial charge on any atom is -0.347 e. The lowest BCUT2D eigenvalue weighted by Crippen LogP contribution is -2.53. The van der Waals surface area contributed by atoms with Crippen molar-refractivity contribution in [2.75, 3.05) is 26.7 Å². The lowest BCUT2D eigenvalue weighted by Gasteiger charge is -2.33. The van der Waals surface area contributed by atoms with Crippen LogP contribution in [0.1, 0.15) is 46.4 Å². The second kappa shape index (κ2) is 10.5. The van der Waals surface area contributed by atoms with Gasteiger partial charge in [-0.25, -0.2) is 0 Å². The number of hydrogen-bond donors (Lipinski definition) is 2. The van der Waals surface area contributed by atoms with Gasteiger partial charge < -0.3 is 10.6 Å². The van der Waals surface area contributed by atoms with Crippen molar-refractivity contribution < 1.29 is 9.59 Å². The zero-order valence-electron chi connectivity index (χ0n) is 18.3. The number of carbonyl (C=O) groups excluding carboxylic acids is 2. The van der Waals surface area contributed by atoms with Gasteiger partial charge in [0, 0.05) is 23.2 Å². The lowest BCUT2D eigenvalue weighted by molar-refractivity contribution is 0.0864. The summed E-state index contributed by atoms with van der Waals surface area (Å²) in [6, 6.07) is 15.6. The van der Waals surface area contributed by atoms with E-state index in [9.17, 15) is 9.59 Å². The minimum atomic E-state index is -0.366. The summed E-state index contributed by atoms with van der Waals surface area (Å²) in [6.45, 7) is 8.66. The van der Waals surface area contributed by atoms with Gasteiger partial charge in [0.25, 0.3) is 11.8 Å². The fraction of sp³-hybridized carbons (Fsp3) is 0.417. The standard InChI is InChI=1S/C24H32N2O2P2/c1-29(2)21-15-9-5-11-17(21)23(27)25-19-13-7-8-14-20(19)26-24(28)18-12-6-10-16-22(18)30(3)4/h5-6,9-12,15-16,19-20H,7-8,13-14H2,1-4H3,(H,25,27)(H,26,28)/t19-,20-/m0/s1. The predicted molar refractivity (Wildman–Crippen MR) is 131 cm³/mol. The smallest absolute Gasteiger partial charge is 0.252 e. The van der Waals surface area contributed by atoms with Crippen molar-refractivity contribution in [1.82, 2.24) is 10.6 Å². The molecule has 0 heterocycles. The van der Waals surface area contributed by atoms with Crippen LogP contribution < -0.4 is 21.2 Å². The molecular weight excluding hydrogens is 410 g/mol.